The summed E-state index contributed by atoms with van der Waals surface area (Å²) in [7, 11) is 1.14. The van der Waals surface area contributed by atoms with Gasteiger partial charge in [0.25, 0.3) is 0 Å². The number of nitrogens with one attached hydrogen (secondary N) is 1. The van der Waals surface area contributed by atoms with Crippen LogP contribution in [0.25, 0.3) is 0 Å². The fraction of sp³-hybridized carbons (Fsp3) is 0.312. The van der Waals surface area contributed by atoms with E-state index in [0.717, 1.165) is 24.1 Å². The molecule has 1 N–H and O–H groups in total. The van der Waals surface area contributed by atoms with Crippen molar-refractivity contribution in [3.8, 4) is 0 Å². The van der Waals surface area contributed by atoms with Crippen molar-refractivity contribution in [1.29, 1.82) is 0 Å². The number of benzene rings is 1. The van der Waals surface area contributed by atoms with Crippen molar-refractivity contribution in [3.63, 3.8) is 0 Å². The fourth-order valence-corrected chi connectivity index (χ4v) is 2.69. The maximum atomic E-state index is 14.5. The zero-order valence-electron chi connectivity index (χ0n) is 13.7. The van der Waals surface area contributed by atoms with Gasteiger partial charge in [-0.15, -0.1) is 0 Å². The molecule has 10 heteroatoms. The zero-order chi connectivity index (χ0) is 18.8. The predicted molar refractivity (Wildman–Crippen MR) is 85.5 cm³/mol. The van der Waals surface area contributed by atoms with Crippen LogP contribution in [-0.4, -0.2) is 50.8 Å². The summed E-state index contributed by atoms with van der Waals surface area (Å²) in [6, 6.07) is 1.93. The van der Waals surface area contributed by atoms with Gasteiger partial charge in [0.2, 0.25) is 12.0 Å². The molecule has 1 fully saturated rings. The minimum Gasteiger partial charge on any atom is -0.466 e. The largest absolute Gasteiger partial charge is 0.466 e. The second-order valence-corrected chi connectivity index (χ2v) is 5.56. The van der Waals surface area contributed by atoms with Gasteiger partial charge in [-0.25, -0.2) is 18.4 Å². The van der Waals surface area contributed by atoms with E-state index in [9.17, 15) is 23.2 Å². The predicted octanol–water partition coefficient (Wildman–Crippen LogP) is 0.913. The molecule has 0 saturated carbocycles. The van der Waals surface area contributed by atoms with Crippen molar-refractivity contribution >= 4 is 29.3 Å². The van der Waals surface area contributed by atoms with Crippen LogP contribution in [0.1, 0.15) is 0 Å². The second-order valence-electron chi connectivity index (χ2n) is 5.56. The van der Waals surface area contributed by atoms with Crippen molar-refractivity contribution in [2.45, 2.75) is 6.10 Å². The molecule has 1 atom stereocenters. The Morgan fingerprint density at radius 2 is 2.00 bits per heavy atom. The lowest BCUT2D eigenvalue weighted by atomic mass is 10.2. The lowest BCUT2D eigenvalue weighted by Crippen LogP contribution is -2.30. The van der Waals surface area contributed by atoms with E-state index >= 15 is 0 Å². The van der Waals surface area contributed by atoms with Crippen LogP contribution in [0.2, 0.25) is 0 Å². The number of anilines is 2. The van der Waals surface area contributed by atoms with Crippen molar-refractivity contribution < 1.29 is 32.6 Å². The Kier molecular flexibility index (Phi) is 4.74. The first-order chi connectivity index (χ1) is 12.4. The fourth-order valence-electron chi connectivity index (χ4n) is 2.69. The summed E-state index contributed by atoms with van der Waals surface area (Å²) in [4.78, 5) is 36.8. The molecule has 2 aliphatic rings. The Labute approximate surface area is 146 Å². The number of hydrogen-bond donors (Lipinski definition) is 1. The number of esters is 1. The number of nitrogens with zero attached hydrogens (tertiary/aromatic N) is 2. The van der Waals surface area contributed by atoms with Gasteiger partial charge in [0.1, 0.15) is 5.69 Å². The number of halogens is 2. The number of carbonyl (C=O) groups is 3. The third-order valence-corrected chi connectivity index (χ3v) is 3.93. The first kappa shape index (κ1) is 17.6. The van der Waals surface area contributed by atoms with Crippen LogP contribution >= 0.6 is 0 Å². The van der Waals surface area contributed by atoms with Gasteiger partial charge >= 0.3 is 12.1 Å². The highest BCUT2D eigenvalue weighted by Crippen LogP contribution is 2.31. The topological polar surface area (TPSA) is 88.2 Å². The van der Waals surface area contributed by atoms with Gasteiger partial charge in [-0.05, 0) is 0 Å². The molecular formula is C16H15F2N3O5. The molecule has 0 spiro atoms. The Morgan fingerprint density at radius 1 is 1.31 bits per heavy atom. The van der Waals surface area contributed by atoms with Gasteiger partial charge < -0.3 is 19.7 Å². The zero-order valence-corrected chi connectivity index (χ0v) is 13.7. The first-order valence-electron chi connectivity index (χ1n) is 7.68. The Balaban J connectivity index is 1.88. The molecule has 3 rings (SSSR count). The van der Waals surface area contributed by atoms with E-state index in [-0.39, 0.29) is 36.9 Å². The van der Waals surface area contributed by atoms with Crippen molar-refractivity contribution in [3.05, 3.63) is 36.0 Å². The summed E-state index contributed by atoms with van der Waals surface area (Å²) in [5, 5.41) is 2.54. The molecule has 1 aromatic rings. The number of carbonyl (C=O) groups excluding carboxylic acids is 3. The molecule has 1 saturated heterocycles. The normalized spacial score (nSPS) is 19.9. The van der Waals surface area contributed by atoms with Crippen LogP contribution in [0.3, 0.4) is 0 Å². The summed E-state index contributed by atoms with van der Waals surface area (Å²) >= 11 is 0. The van der Waals surface area contributed by atoms with E-state index in [1.54, 1.807) is 0 Å². The van der Waals surface area contributed by atoms with E-state index in [2.05, 4.69) is 10.1 Å². The maximum Gasteiger partial charge on any atom is 0.415 e. The number of rotatable bonds is 3. The average Bonchev–Trinajstić information content (AvgIpc) is 2.86. The highest BCUT2D eigenvalue weighted by atomic mass is 19.1. The number of methoxy groups -OCH3 is 1. The third-order valence-electron chi connectivity index (χ3n) is 3.93. The van der Waals surface area contributed by atoms with Gasteiger partial charge in [-0.3, -0.25) is 9.69 Å². The molecule has 0 bridgehead atoms. The highest BCUT2D eigenvalue weighted by molar-refractivity contribution is 5.94. The Morgan fingerprint density at radius 3 is 2.65 bits per heavy atom. The molecule has 26 heavy (non-hydrogen) atoms. The van der Waals surface area contributed by atoms with Gasteiger partial charge in [0.05, 0.1) is 19.3 Å². The van der Waals surface area contributed by atoms with Crippen LogP contribution in [0.15, 0.2) is 24.4 Å². The molecule has 0 aliphatic carbocycles. The standard InChI is InChI=1S/C16H15F2N3O5/c1-25-15(23)12-8-21(16(24)26-12)9-6-10(17)14(11(18)7-9)20-4-2-13(22)19-3-5-20/h2,4,6-7,12H,3,5,8H2,1H3,(H,19,22)/t12-/m1/s1. The van der Waals surface area contributed by atoms with E-state index in [1.165, 1.54) is 17.2 Å². The molecular weight excluding hydrogens is 352 g/mol. The average molecular weight is 367 g/mol. The number of ether oxygens (including phenoxy) is 2. The summed E-state index contributed by atoms with van der Waals surface area (Å²) in [6.45, 7) is 0.170. The van der Waals surface area contributed by atoms with Crippen LogP contribution < -0.4 is 15.1 Å². The third kappa shape index (κ3) is 3.30. The van der Waals surface area contributed by atoms with Crippen molar-refractivity contribution in [1.82, 2.24) is 5.32 Å². The summed E-state index contributed by atoms with van der Waals surface area (Å²) in [5.41, 5.74) is -0.438. The molecule has 2 amide bonds. The van der Waals surface area contributed by atoms with Crippen molar-refractivity contribution in [2.24, 2.45) is 0 Å². The van der Waals surface area contributed by atoms with E-state index < -0.39 is 29.8 Å². The Hall–Kier alpha value is -3.17. The second kappa shape index (κ2) is 6.98. The van der Waals surface area contributed by atoms with E-state index in [1.807, 2.05) is 0 Å². The molecule has 8 nitrogen and oxygen atoms in total. The van der Waals surface area contributed by atoms with E-state index in [4.69, 9.17) is 4.74 Å². The number of amides is 2. The van der Waals surface area contributed by atoms with Gasteiger partial charge in [0.15, 0.2) is 11.6 Å². The van der Waals surface area contributed by atoms with Crippen LogP contribution in [0.5, 0.6) is 0 Å². The minimum absolute atomic E-state index is 0.0897. The number of cyclic esters (lactones) is 1. The smallest absolute Gasteiger partial charge is 0.415 e. The van der Waals surface area contributed by atoms with Crippen LogP contribution in [0.4, 0.5) is 25.0 Å². The van der Waals surface area contributed by atoms with Crippen LogP contribution in [0, 0.1) is 11.6 Å². The summed E-state index contributed by atoms with van der Waals surface area (Å²) in [6.07, 6.45) is 0.375. The quantitative estimate of drug-likeness (QED) is 0.799. The molecule has 2 aliphatic heterocycles. The SMILES string of the molecule is COC(=O)[C@H]1CN(c2cc(F)c(N3C=CC(=O)NCC3)c(F)c2)C(=O)O1. The summed E-state index contributed by atoms with van der Waals surface area (Å²) < 4.78 is 38.4. The lowest BCUT2D eigenvalue weighted by Gasteiger charge is -2.22. The molecule has 0 radical (unpaired) electrons. The van der Waals surface area contributed by atoms with Gasteiger partial charge in [0, 0.05) is 37.5 Å². The van der Waals surface area contributed by atoms with Crippen LogP contribution in [-0.2, 0) is 19.1 Å². The molecule has 0 aromatic heterocycles. The molecule has 1 aromatic carbocycles. The monoisotopic (exact) mass is 367 g/mol. The van der Waals surface area contributed by atoms with Gasteiger partial charge in [-0.2, -0.15) is 0 Å². The summed E-state index contributed by atoms with van der Waals surface area (Å²) in [5.74, 6) is -2.97. The lowest BCUT2D eigenvalue weighted by molar-refractivity contribution is -0.148. The molecule has 0 unspecified atom stereocenters. The highest BCUT2D eigenvalue weighted by Gasteiger charge is 2.38. The maximum absolute atomic E-state index is 14.5. The Bertz CT molecular complexity index is 775. The molecule has 2 heterocycles. The minimum atomic E-state index is -1.16. The molecule has 138 valence electrons. The van der Waals surface area contributed by atoms with Crippen molar-refractivity contribution in [2.75, 3.05) is 36.5 Å². The van der Waals surface area contributed by atoms with Gasteiger partial charge in [-0.1, -0.05) is 0 Å². The first-order valence-corrected chi connectivity index (χ1v) is 7.68. The van der Waals surface area contributed by atoms with E-state index in [0.29, 0.717) is 0 Å². The number of hydrogen-bond acceptors (Lipinski definition) is 6.